The first-order valence-electron chi connectivity index (χ1n) is 23.6. The first kappa shape index (κ1) is 46.0. The Morgan fingerprint density at radius 2 is 1.57 bits per heavy atom. The molecule has 1 spiro atoms. The summed E-state index contributed by atoms with van der Waals surface area (Å²) in [4.78, 5) is 74.8. The number of rotatable bonds is 13. The fourth-order valence-electron chi connectivity index (χ4n) is 11.0. The van der Waals surface area contributed by atoms with Crippen molar-refractivity contribution in [2.75, 3.05) is 74.6 Å². The number of hydrogen-bond donors (Lipinski definition) is 1. The summed E-state index contributed by atoms with van der Waals surface area (Å²) in [6, 6.07) is 19.1. The number of halogens is 2. The van der Waals surface area contributed by atoms with Gasteiger partial charge >= 0.3 is 0 Å². The van der Waals surface area contributed by atoms with Crippen LogP contribution in [0.15, 0.2) is 66.9 Å². The lowest BCUT2D eigenvalue weighted by Gasteiger charge is -2.58. The summed E-state index contributed by atoms with van der Waals surface area (Å²) in [5.41, 5.74) is 4.61. The number of imide groups is 2. The number of carbonyl (C=O) groups is 4. The highest BCUT2D eigenvalue weighted by Gasteiger charge is 2.49. The minimum Gasteiger partial charge on any atom is -0.502 e. The number of alkyl halides is 1. The van der Waals surface area contributed by atoms with Crippen molar-refractivity contribution in [3.8, 4) is 11.5 Å². The number of anilines is 2. The summed E-state index contributed by atoms with van der Waals surface area (Å²) < 4.78 is 11.9. The predicted molar refractivity (Wildman–Crippen MR) is 258 cm³/mol. The van der Waals surface area contributed by atoms with Crippen LogP contribution in [0.4, 0.5) is 17.3 Å². The van der Waals surface area contributed by atoms with E-state index in [0.29, 0.717) is 57.6 Å². The van der Waals surface area contributed by atoms with Crippen molar-refractivity contribution < 1.29 is 28.7 Å². The fourth-order valence-corrected chi connectivity index (χ4v) is 11.3. The lowest BCUT2D eigenvalue weighted by Crippen LogP contribution is -2.66. The first-order valence-corrected chi connectivity index (χ1v) is 24.5. The second-order valence-electron chi connectivity index (χ2n) is 19.6. The molecule has 0 aliphatic carbocycles. The lowest BCUT2D eigenvalue weighted by molar-refractivity contribution is -0.136. The van der Waals surface area contributed by atoms with Gasteiger partial charge in [0, 0.05) is 88.2 Å². The first-order chi connectivity index (χ1) is 32.8. The quantitative estimate of drug-likeness (QED) is 0.0850. The van der Waals surface area contributed by atoms with Gasteiger partial charge in [-0.1, -0.05) is 37.6 Å². The van der Waals surface area contributed by atoms with Gasteiger partial charge in [-0.25, -0.2) is 14.8 Å². The molecule has 1 atom stereocenters. The van der Waals surface area contributed by atoms with Crippen LogP contribution in [0, 0.1) is 12.0 Å². The number of nitrogens with zero attached hydrogens (tertiary/aromatic N) is 8. The molecule has 6 aliphatic rings. The molecular formula is C51H55Cl2N9O6. The molecule has 0 saturated carbocycles. The van der Waals surface area contributed by atoms with Crippen LogP contribution in [-0.2, 0) is 21.6 Å². The van der Waals surface area contributed by atoms with Crippen LogP contribution < -0.4 is 24.6 Å². The molecule has 10 rings (SSSR count). The van der Waals surface area contributed by atoms with E-state index in [2.05, 4.69) is 48.6 Å². The topological polar surface area (TPSA) is 145 Å². The molecule has 3 aromatic carbocycles. The molecule has 5 fully saturated rings. The smallest absolute Gasteiger partial charge is 0.262 e. The average Bonchev–Trinajstić information content (AvgIpc) is 3.57. The number of aromatic nitrogens is 2. The Morgan fingerprint density at radius 3 is 2.28 bits per heavy atom. The molecule has 68 heavy (non-hydrogen) atoms. The summed E-state index contributed by atoms with van der Waals surface area (Å²) in [7, 11) is 0. The van der Waals surface area contributed by atoms with Gasteiger partial charge in [0.2, 0.25) is 23.5 Å². The van der Waals surface area contributed by atoms with E-state index >= 15 is 0 Å². The SMILES string of the molecule is [C-]#[N+]c1cc(C(C)(C)c2ccc(OCc3ccnc(N4CCC5(CC4)CN(C4CCN(C6CN(c7ccc8c(c7)C(=O)N(C7CCC(=O)NC7=O)C8=O)C6)CC4)C5)n3)cc2)cc(Cl)c1OCCCl. The van der Waals surface area contributed by atoms with Crippen LogP contribution in [-0.4, -0.2) is 131 Å². The zero-order valence-electron chi connectivity index (χ0n) is 38.4. The average molecular weight is 961 g/mol. The van der Waals surface area contributed by atoms with Crippen molar-refractivity contribution in [2.45, 2.75) is 82.5 Å². The minimum atomic E-state index is -0.964. The number of carbonyl (C=O) groups excluding carboxylic acids is 4. The molecule has 1 unspecified atom stereocenters. The molecule has 0 radical (unpaired) electrons. The maximum absolute atomic E-state index is 13.4. The normalized spacial score (nSPS) is 21.3. The molecule has 354 valence electrons. The Balaban J connectivity index is 0.655. The van der Waals surface area contributed by atoms with Crippen LogP contribution in [0.25, 0.3) is 4.85 Å². The van der Waals surface area contributed by atoms with Gasteiger partial charge in [-0.05, 0) is 97.2 Å². The van der Waals surface area contributed by atoms with Crippen molar-refractivity contribution in [1.82, 2.24) is 30.0 Å². The molecule has 1 aromatic heterocycles. The van der Waals surface area contributed by atoms with E-state index in [1.165, 1.54) is 0 Å². The van der Waals surface area contributed by atoms with E-state index in [0.717, 1.165) is 117 Å². The Labute approximate surface area is 406 Å². The molecule has 15 nitrogen and oxygen atoms in total. The third-order valence-corrected chi connectivity index (χ3v) is 15.7. The second kappa shape index (κ2) is 18.6. The molecule has 4 amide bonds. The van der Waals surface area contributed by atoms with E-state index in [1.807, 2.05) is 54.7 Å². The number of nitrogens with one attached hydrogen (secondary N) is 1. The van der Waals surface area contributed by atoms with Gasteiger partial charge in [-0.15, -0.1) is 11.6 Å². The summed E-state index contributed by atoms with van der Waals surface area (Å²) in [6.07, 6.45) is 6.64. The van der Waals surface area contributed by atoms with Gasteiger partial charge in [0.15, 0.2) is 0 Å². The third-order valence-electron chi connectivity index (χ3n) is 15.2. The standard InChI is InChI=1S/C51H55Cl2N9O6/c1-50(2,33-24-41(53)45(67-23-17-52)42(25-33)54-3)32-4-7-38(8-5-32)68-29-34-12-18-55-49(56-34)59-21-15-51(16-22-59)30-61(31-51)35-13-19-58(20-14-35)37-27-60(28-37)36-6-9-39-40(26-36)48(66)62(47(39)65)43-10-11-44(63)57-46(43)64/h4-9,12,18,24-26,35,37,43H,10-11,13-17,19-23,27-31H2,1-2H3,(H,57,63,64). The molecule has 7 heterocycles. The Kier molecular flexibility index (Phi) is 12.6. The van der Waals surface area contributed by atoms with Crippen LogP contribution in [0.5, 0.6) is 11.5 Å². The van der Waals surface area contributed by atoms with Crippen LogP contribution >= 0.6 is 23.2 Å². The van der Waals surface area contributed by atoms with Gasteiger partial charge in [0.25, 0.3) is 11.8 Å². The van der Waals surface area contributed by atoms with Crippen molar-refractivity contribution >= 4 is 64.2 Å². The Morgan fingerprint density at radius 1 is 0.838 bits per heavy atom. The van der Waals surface area contributed by atoms with E-state index in [-0.39, 0.29) is 25.4 Å². The molecule has 17 heteroatoms. The minimum absolute atomic E-state index is 0.0988. The number of piperidine rings is 3. The molecular weight excluding hydrogens is 906 g/mol. The van der Waals surface area contributed by atoms with Crippen molar-refractivity contribution in [2.24, 2.45) is 5.41 Å². The van der Waals surface area contributed by atoms with E-state index in [4.69, 9.17) is 44.2 Å². The number of amides is 4. The summed E-state index contributed by atoms with van der Waals surface area (Å²) >= 11 is 12.4. The second-order valence-corrected chi connectivity index (χ2v) is 20.4. The largest absolute Gasteiger partial charge is 0.502 e. The third kappa shape index (κ3) is 8.76. The number of ether oxygens (including phenoxy) is 2. The van der Waals surface area contributed by atoms with Crippen LogP contribution in [0.1, 0.15) is 89.9 Å². The highest BCUT2D eigenvalue weighted by molar-refractivity contribution is 6.32. The van der Waals surface area contributed by atoms with Gasteiger partial charge < -0.3 is 19.3 Å². The Hall–Kier alpha value is -5.79. The van der Waals surface area contributed by atoms with Gasteiger partial charge in [0.1, 0.15) is 24.1 Å². The van der Waals surface area contributed by atoms with Gasteiger partial charge in [-0.2, -0.15) is 0 Å². The maximum Gasteiger partial charge on any atom is 0.262 e. The van der Waals surface area contributed by atoms with Crippen molar-refractivity contribution in [3.05, 3.63) is 111 Å². The van der Waals surface area contributed by atoms with Crippen molar-refractivity contribution in [1.29, 1.82) is 0 Å². The number of likely N-dealkylation sites (tertiary alicyclic amines) is 2. The zero-order chi connectivity index (χ0) is 47.3. The predicted octanol–water partition coefficient (Wildman–Crippen LogP) is 6.86. The van der Waals surface area contributed by atoms with Crippen LogP contribution in [0.3, 0.4) is 0 Å². The highest BCUT2D eigenvalue weighted by Crippen LogP contribution is 2.45. The fraction of sp³-hybridized carbons (Fsp3) is 0.471. The molecule has 0 bridgehead atoms. The van der Waals surface area contributed by atoms with E-state index in [1.54, 1.807) is 12.1 Å². The van der Waals surface area contributed by atoms with E-state index in [9.17, 15) is 19.2 Å². The van der Waals surface area contributed by atoms with Crippen LogP contribution in [0.2, 0.25) is 5.02 Å². The molecule has 1 N–H and O–H groups in total. The van der Waals surface area contributed by atoms with Gasteiger partial charge in [-0.3, -0.25) is 39.2 Å². The molecule has 6 aliphatic heterocycles. The lowest BCUT2D eigenvalue weighted by atomic mass is 9.71. The van der Waals surface area contributed by atoms with E-state index < -0.39 is 29.2 Å². The Bertz CT molecular complexity index is 2660. The number of fused-ring (bicyclic) bond motifs is 1. The number of hydrogen-bond acceptors (Lipinski definition) is 12. The zero-order valence-corrected chi connectivity index (χ0v) is 39.9. The van der Waals surface area contributed by atoms with Gasteiger partial charge in [0.05, 0.1) is 40.9 Å². The summed E-state index contributed by atoms with van der Waals surface area (Å²) in [6.45, 7) is 20.5. The van der Waals surface area contributed by atoms with Crippen molar-refractivity contribution in [3.63, 3.8) is 0 Å². The highest BCUT2D eigenvalue weighted by atomic mass is 35.5. The number of benzene rings is 3. The summed E-state index contributed by atoms with van der Waals surface area (Å²) in [5.74, 6) is 0.223. The molecule has 4 aromatic rings. The summed E-state index contributed by atoms with van der Waals surface area (Å²) in [5, 5.41) is 2.65. The molecule has 5 saturated heterocycles. The monoisotopic (exact) mass is 959 g/mol. The maximum atomic E-state index is 13.4.